The van der Waals surface area contributed by atoms with Gasteiger partial charge in [-0.25, -0.2) is 0 Å². The summed E-state index contributed by atoms with van der Waals surface area (Å²) in [5.74, 6) is 1.50. The minimum absolute atomic E-state index is 0.323. The second-order valence-electron chi connectivity index (χ2n) is 6.00. The lowest BCUT2D eigenvalue weighted by molar-refractivity contribution is 0.0630. The number of aryl methyl sites for hydroxylation is 2. The third-order valence-electron chi connectivity index (χ3n) is 3.79. The highest BCUT2D eigenvalue weighted by Crippen LogP contribution is 2.16. The highest BCUT2D eigenvalue weighted by molar-refractivity contribution is 5.32. The first-order valence-corrected chi connectivity index (χ1v) is 7.81. The van der Waals surface area contributed by atoms with Crippen molar-refractivity contribution < 1.29 is 14.6 Å². The van der Waals surface area contributed by atoms with Crippen LogP contribution in [0.2, 0.25) is 0 Å². The third kappa shape index (κ3) is 6.04. The summed E-state index contributed by atoms with van der Waals surface area (Å²) < 4.78 is 11.0. The van der Waals surface area contributed by atoms with Crippen molar-refractivity contribution in [2.75, 3.05) is 32.9 Å². The van der Waals surface area contributed by atoms with Crippen molar-refractivity contribution in [3.05, 3.63) is 29.3 Å². The summed E-state index contributed by atoms with van der Waals surface area (Å²) in [6, 6.07) is 6.10. The van der Waals surface area contributed by atoms with Gasteiger partial charge in [0, 0.05) is 19.8 Å². The van der Waals surface area contributed by atoms with Crippen LogP contribution in [0.5, 0.6) is 5.75 Å². The van der Waals surface area contributed by atoms with E-state index in [1.807, 2.05) is 26.0 Å². The Labute approximate surface area is 127 Å². The summed E-state index contributed by atoms with van der Waals surface area (Å²) in [5, 5.41) is 13.3. The molecular formula is C17H27NO3. The van der Waals surface area contributed by atoms with Gasteiger partial charge < -0.3 is 19.9 Å². The van der Waals surface area contributed by atoms with E-state index in [1.165, 1.54) is 11.1 Å². The predicted octanol–water partition coefficient (Wildman–Crippen LogP) is 2.06. The fraction of sp³-hybridized carbons (Fsp3) is 0.647. The van der Waals surface area contributed by atoms with E-state index in [0.29, 0.717) is 19.1 Å². The van der Waals surface area contributed by atoms with Gasteiger partial charge in [0.1, 0.15) is 18.5 Å². The van der Waals surface area contributed by atoms with Crippen LogP contribution >= 0.6 is 0 Å². The second kappa shape index (κ2) is 8.37. The SMILES string of the molecule is Cc1cc(C)cc(OCC(O)CNCC2CCOCC2)c1. The summed E-state index contributed by atoms with van der Waals surface area (Å²) in [5.41, 5.74) is 2.36. The molecule has 1 aromatic rings. The van der Waals surface area contributed by atoms with Crippen molar-refractivity contribution in [1.82, 2.24) is 5.32 Å². The monoisotopic (exact) mass is 293 g/mol. The number of rotatable bonds is 7. The molecule has 1 heterocycles. The molecular weight excluding hydrogens is 266 g/mol. The molecule has 2 N–H and O–H groups in total. The van der Waals surface area contributed by atoms with Gasteiger partial charge in [0.2, 0.25) is 0 Å². The number of aliphatic hydroxyl groups excluding tert-OH is 1. The summed E-state index contributed by atoms with van der Waals surface area (Å²) in [7, 11) is 0. The third-order valence-corrected chi connectivity index (χ3v) is 3.79. The van der Waals surface area contributed by atoms with E-state index < -0.39 is 6.10 Å². The minimum atomic E-state index is -0.481. The molecule has 1 fully saturated rings. The molecule has 1 aliphatic rings. The molecule has 0 amide bonds. The zero-order valence-electron chi connectivity index (χ0n) is 13.1. The van der Waals surface area contributed by atoms with E-state index in [1.54, 1.807) is 0 Å². The summed E-state index contributed by atoms with van der Waals surface area (Å²) in [4.78, 5) is 0. The number of aliphatic hydroxyl groups is 1. The molecule has 4 heteroatoms. The zero-order chi connectivity index (χ0) is 15.1. The molecule has 0 saturated carbocycles. The predicted molar refractivity (Wildman–Crippen MR) is 83.8 cm³/mol. The number of benzene rings is 1. The van der Waals surface area contributed by atoms with Crippen LogP contribution in [-0.2, 0) is 4.74 Å². The maximum absolute atomic E-state index is 9.97. The summed E-state index contributed by atoms with van der Waals surface area (Å²) in [6.45, 7) is 7.67. The maximum atomic E-state index is 9.97. The van der Waals surface area contributed by atoms with Crippen molar-refractivity contribution in [2.45, 2.75) is 32.8 Å². The topological polar surface area (TPSA) is 50.7 Å². The molecule has 1 unspecified atom stereocenters. The van der Waals surface area contributed by atoms with Crippen LogP contribution in [0.25, 0.3) is 0 Å². The minimum Gasteiger partial charge on any atom is -0.491 e. The van der Waals surface area contributed by atoms with Crippen LogP contribution in [0.1, 0.15) is 24.0 Å². The Morgan fingerprint density at radius 2 is 1.90 bits per heavy atom. The van der Waals surface area contributed by atoms with Crippen LogP contribution < -0.4 is 10.1 Å². The molecule has 118 valence electrons. The molecule has 0 radical (unpaired) electrons. The largest absolute Gasteiger partial charge is 0.491 e. The smallest absolute Gasteiger partial charge is 0.119 e. The van der Waals surface area contributed by atoms with Gasteiger partial charge in [-0.2, -0.15) is 0 Å². The maximum Gasteiger partial charge on any atom is 0.119 e. The van der Waals surface area contributed by atoms with Gasteiger partial charge in [0.25, 0.3) is 0 Å². The van der Waals surface area contributed by atoms with E-state index in [4.69, 9.17) is 9.47 Å². The number of ether oxygens (including phenoxy) is 2. The zero-order valence-corrected chi connectivity index (χ0v) is 13.1. The number of hydrogen-bond acceptors (Lipinski definition) is 4. The average Bonchev–Trinajstić information content (AvgIpc) is 2.45. The Kier molecular flexibility index (Phi) is 6.49. The van der Waals surface area contributed by atoms with Gasteiger partial charge in [0.15, 0.2) is 0 Å². The molecule has 1 aliphatic heterocycles. The standard InChI is InChI=1S/C17H27NO3/c1-13-7-14(2)9-17(8-13)21-12-16(19)11-18-10-15-3-5-20-6-4-15/h7-9,15-16,18-19H,3-6,10-12H2,1-2H3. The quantitative estimate of drug-likeness (QED) is 0.808. The first kappa shape index (κ1) is 16.3. The number of hydrogen-bond donors (Lipinski definition) is 2. The van der Waals surface area contributed by atoms with Crippen LogP contribution in [0, 0.1) is 19.8 Å². The Hall–Kier alpha value is -1.10. The van der Waals surface area contributed by atoms with Crippen LogP contribution in [-0.4, -0.2) is 44.1 Å². The Morgan fingerprint density at radius 3 is 2.57 bits per heavy atom. The van der Waals surface area contributed by atoms with Crippen LogP contribution in [0.4, 0.5) is 0 Å². The van der Waals surface area contributed by atoms with Crippen molar-refractivity contribution in [3.63, 3.8) is 0 Å². The first-order valence-electron chi connectivity index (χ1n) is 7.81. The van der Waals surface area contributed by atoms with Crippen LogP contribution in [0.3, 0.4) is 0 Å². The average molecular weight is 293 g/mol. The molecule has 1 saturated heterocycles. The molecule has 4 nitrogen and oxygen atoms in total. The van der Waals surface area contributed by atoms with E-state index in [2.05, 4.69) is 11.4 Å². The van der Waals surface area contributed by atoms with Crippen molar-refractivity contribution in [1.29, 1.82) is 0 Å². The molecule has 0 bridgehead atoms. The molecule has 2 rings (SSSR count). The Bertz CT molecular complexity index is 410. The van der Waals surface area contributed by atoms with Gasteiger partial charge in [-0.05, 0) is 62.4 Å². The Balaban J connectivity index is 1.63. The first-order chi connectivity index (χ1) is 10.1. The highest BCUT2D eigenvalue weighted by atomic mass is 16.5. The highest BCUT2D eigenvalue weighted by Gasteiger charge is 2.14. The van der Waals surface area contributed by atoms with E-state index >= 15 is 0 Å². The van der Waals surface area contributed by atoms with Crippen molar-refractivity contribution in [2.24, 2.45) is 5.92 Å². The molecule has 1 aromatic carbocycles. The van der Waals surface area contributed by atoms with Crippen molar-refractivity contribution >= 4 is 0 Å². The van der Waals surface area contributed by atoms with Gasteiger partial charge >= 0.3 is 0 Å². The van der Waals surface area contributed by atoms with E-state index in [0.717, 1.165) is 38.3 Å². The fourth-order valence-electron chi connectivity index (χ4n) is 2.67. The summed E-state index contributed by atoms with van der Waals surface area (Å²) in [6.07, 6.45) is 1.75. The fourth-order valence-corrected chi connectivity index (χ4v) is 2.67. The lowest BCUT2D eigenvalue weighted by Crippen LogP contribution is -2.35. The van der Waals surface area contributed by atoms with Crippen molar-refractivity contribution in [3.8, 4) is 5.75 Å². The van der Waals surface area contributed by atoms with Crippen LogP contribution in [0.15, 0.2) is 18.2 Å². The lowest BCUT2D eigenvalue weighted by atomic mass is 10.0. The second-order valence-corrected chi connectivity index (χ2v) is 6.00. The lowest BCUT2D eigenvalue weighted by Gasteiger charge is -2.23. The van der Waals surface area contributed by atoms with Gasteiger partial charge in [-0.1, -0.05) is 6.07 Å². The van der Waals surface area contributed by atoms with Gasteiger partial charge in [0.05, 0.1) is 0 Å². The molecule has 0 aliphatic carbocycles. The molecule has 1 atom stereocenters. The van der Waals surface area contributed by atoms with Gasteiger partial charge in [-0.15, -0.1) is 0 Å². The number of nitrogens with one attached hydrogen (secondary N) is 1. The van der Waals surface area contributed by atoms with E-state index in [9.17, 15) is 5.11 Å². The Morgan fingerprint density at radius 1 is 1.24 bits per heavy atom. The normalized spacial score (nSPS) is 17.7. The van der Waals surface area contributed by atoms with Gasteiger partial charge in [-0.3, -0.25) is 0 Å². The summed E-state index contributed by atoms with van der Waals surface area (Å²) >= 11 is 0. The molecule has 0 spiro atoms. The molecule has 21 heavy (non-hydrogen) atoms. The van der Waals surface area contributed by atoms with E-state index in [-0.39, 0.29) is 0 Å². The molecule has 0 aromatic heterocycles.